The van der Waals surface area contributed by atoms with Crippen LogP contribution in [0.15, 0.2) is 0 Å². The van der Waals surface area contributed by atoms with Crippen molar-refractivity contribution in [3.63, 3.8) is 0 Å². The summed E-state index contributed by atoms with van der Waals surface area (Å²) in [5, 5.41) is 0. The van der Waals surface area contributed by atoms with Crippen LogP contribution in [0.4, 0.5) is 0 Å². The molecule has 1 saturated heterocycles. The molecule has 13 heavy (non-hydrogen) atoms. The quantitative estimate of drug-likeness (QED) is 0.580. The van der Waals surface area contributed by atoms with Gasteiger partial charge in [0.05, 0.1) is 11.2 Å². The fourth-order valence-electron chi connectivity index (χ4n) is 1.79. The van der Waals surface area contributed by atoms with E-state index in [-0.39, 0.29) is 18.3 Å². The molecule has 0 unspecified atom stereocenters. The zero-order valence-electron chi connectivity index (χ0n) is 9.26. The van der Waals surface area contributed by atoms with E-state index >= 15 is 0 Å². The minimum absolute atomic E-state index is 0.0417. The van der Waals surface area contributed by atoms with Gasteiger partial charge in [0.2, 0.25) is 0 Å². The van der Waals surface area contributed by atoms with E-state index in [2.05, 4.69) is 34.6 Å². The SMILES string of the molecule is C[C@@H]1C[C@@H]1B1OC(C)(C)C(C)(C)O1. The maximum Gasteiger partial charge on any atom is 0.461 e. The van der Waals surface area contributed by atoms with Crippen molar-refractivity contribution in [2.24, 2.45) is 5.92 Å². The molecular formula is C10H19BO2. The van der Waals surface area contributed by atoms with E-state index in [9.17, 15) is 0 Å². The lowest BCUT2D eigenvalue weighted by molar-refractivity contribution is 0.00578. The van der Waals surface area contributed by atoms with Gasteiger partial charge in [-0.3, -0.25) is 0 Å². The van der Waals surface area contributed by atoms with Crippen LogP contribution < -0.4 is 0 Å². The minimum atomic E-state index is -0.153. The second kappa shape index (κ2) is 2.51. The van der Waals surface area contributed by atoms with Crippen LogP contribution in [0.3, 0.4) is 0 Å². The maximum atomic E-state index is 5.94. The molecule has 1 aliphatic heterocycles. The molecule has 1 heterocycles. The first-order chi connectivity index (χ1) is 5.83. The molecule has 2 rings (SSSR count). The molecular weight excluding hydrogens is 163 g/mol. The Kier molecular flexibility index (Phi) is 1.84. The highest BCUT2D eigenvalue weighted by Gasteiger charge is 2.58. The van der Waals surface area contributed by atoms with Crippen LogP contribution in [0, 0.1) is 5.92 Å². The lowest BCUT2D eigenvalue weighted by Crippen LogP contribution is -2.41. The summed E-state index contributed by atoms with van der Waals surface area (Å²) in [5.41, 5.74) is -0.306. The zero-order chi connectivity index (χ0) is 9.85. The molecule has 2 aliphatic rings. The molecule has 0 aromatic heterocycles. The van der Waals surface area contributed by atoms with Gasteiger partial charge in [0.15, 0.2) is 0 Å². The van der Waals surface area contributed by atoms with Gasteiger partial charge in [0, 0.05) is 0 Å². The van der Waals surface area contributed by atoms with Crippen molar-refractivity contribution in [1.82, 2.24) is 0 Å². The van der Waals surface area contributed by atoms with Crippen molar-refractivity contribution in [1.29, 1.82) is 0 Å². The molecule has 0 aromatic rings. The molecule has 2 fully saturated rings. The van der Waals surface area contributed by atoms with Crippen LogP contribution in [-0.2, 0) is 9.31 Å². The van der Waals surface area contributed by atoms with Gasteiger partial charge in [0.1, 0.15) is 0 Å². The van der Waals surface area contributed by atoms with E-state index < -0.39 is 0 Å². The summed E-state index contributed by atoms with van der Waals surface area (Å²) in [7, 11) is 0.0417. The Labute approximate surface area is 81.1 Å². The van der Waals surface area contributed by atoms with E-state index in [1.807, 2.05) is 0 Å². The molecule has 0 aromatic carbocycles. The third kappa shape index (κ3) is 1.42. The van der Waals surface area contributed by atoms with Gasteiger partial charge in [0.25, 0.3) is 0 Å². The molecule has 1 aliphatic carbocycles. The first kappa shape index (κ1) is 9.54. The van der Waals surface area contributed by atoms with Gasteiger partial charge in [-0.25, -0.2) is 0 Å². The van der Waals surface area contributed by atoms with Crippen LogP contribution in [0.2, 0.25) is 5.82 Å². The molecule has 3 heteroatoms. The first-order valence-electron chi connectivity index (χ1n) is 5.19. The normalized spacial score (nSPS) is 40.8. The first-order valence-corrected chi connectivity index (χ1v) is 5.19. The summed E-state index contributed by atoms with van der Waals surface area (Å²) in [5.74, 6) is 1.43. The Morgan fingerprint density at radius 2 is 1.46 bits per heavy atom. The van der Waals surface area contributed by atoms with E-state index in [0.29, 0.717) is 5.82 Å². The minimum Gasteiger partial charge on any atom is -0.403 e. The Morgan fingerprint density at radius 3 is 1.77 bits per heavy atom. The highest BCUT2D eigenvalue weighted by molar-refractivity contribution is 6.48. The molecule has 2 nitrogen and oxygen atoms in total. The topological polar surface area (TPSA) is 18.5 Å². The van der Waals surface area contributed by atoms with Gasteiger partial charge in [-0.15, -0.1) is 0 Å². The highest BCUT2D eigenvalue weighted by Crippen LogP contribution is 2.52. The largest absolute Gasteiger partial charge is 0.461 e. The third-order valence-electron chi connectivity index (χ3n) is 3.79. The molecule has 0 bridgehead atoms. The smallest absolute Gasteiger partial charge is 0.403 e. The summed E-state index contributed by atoms with van der Waals surface area (Å²) in [6.07, 6.45) is 1.26. The van der Waals surface area contributed by atoms with Crippen LogP contribution in [0.25, 0.3) is 0 Å². The van der Waals surface area contributed by atoms with Crippen molar-refractivity contribution >= 4 is 7.12 Å². The lowest BCUT2D eigenvalue weighted by atomic mass is 9.81. The summed E-state index contributed by atoms with van der Waals surface area (Å²) in [6.45, 7) is 10.7. The van der Waals surface area contributed by atoms with E-state index in [1.165, 1.54) is 6.42 Å². The van der Waals surface area contributed by atoms with Crippen molar-refractivity contribution in [3.05, 3.63) is 0 Å². The average molecular weight is 182 g/mol. The predicted molar refractivity (Wildman–Crippen MR) is 53.6 cm³/mol. The molecule has 0 spiro atoms. The number of hydrogen-bond donors (Lipinski definition) is 0. The molecule has 74 valence electrons. The predicted octanol–water partition coefficient (Wildman–Crippen LogP) is 2.49. The van der Waals surface area contributed by atoms with Crippen LogP contribution in [0.1, 0.15) is 41.0 Å². The Balaban J connectivity index is 2.07. The summed E-state index contributed by atoms with van der Waals surface area (Å²) in [4.78, 5) is 0. The zero-order valence-corrected chi connectivity index (χ0v) is 9.26. The van der Waals surface area contributed by atoms with Crippen LogP contribution in [0.5, 0.6) is 0 Å². The lowest BCUT2D eigenvalue weighted by Gasteiger charge is -2.32. The molecule has 2 atom stereocenters. The van der Waals surface area contributed by atoms with Gasteiger partial charge in [-0.05, 0) is 45.9 Å². The monoisotopic (exact) mass is 182 g/mol. The summed E-state index contributed by atoms with van der Waals surface area (Å²) < 4.78 is 11.9. The van der Waals surface area contributed by atoms with Crippen LogP contribution in [-0.4, -0.2) is 18.3 Å². The second-order valence-electron chi connectivity index (χ2n) is 5.50. The van der Waals surface area contributed by atoms with E-state index in [0.717, 1.165) is 5.92 Å². The maximum absolute atomic E-state index is 5.94. The summed E-state index contributed by atoms with van der Waals surface area (Å²) >= 11 is 0. The summed E-state index contributed by atoms with van der Waals surface area (Å²) in [6, 6.07) is 0. The molecule has 0 N–H and O–H groups in total. The highest BCUT2D eigenvalue weighted by atomic mass is 16.7. The third-order valence-corrected chi connectivity index (χ3v) is 3.79. The van der Waals surface area contributed by atoms with E-state index in [4.69, 9.17) is 9.31 Å². The standard InChI is InChI=1S/C10H19BO2/c1-7-6-8(7)11-12-9(2,3)10(4,5)13-11/h7-8H,6H2,1-5H3/t7-,8+/m1/s1. The van der Waals surface area contributed by atoms with Gasteiger partial charge in [-0.2, -0.15) is 0 Å². The van der Waals surface area contributed by atoms with Crippen molar-refractivity contribution in [2.75, 3.05) is 0 Å². The number of hydrogen-bond acceptors (Lipinski definition) is 2. The molecule has 0 radical (unpaired) electrons. The molecule has 0 amide bonds. The Morgan fingerprint density at radius 1 is 1.08 bits per heavy atom. The van der Waals surface area contributed by atoms with Gasteiger partial charge in [-0.1, -0.05) is 6.92 Å². The Hall–Kier alpha value is -0.0151. The molecule has 1 saturated carbocycles. The average Bonchev–Trinajstić information content (AvgIpc) is 2.58. The Bertz CT molecular complexity index is 209. The van der Waals surface area contributed by atoms with Crippen molar-refractivity contribution < 1.29 is 9.31 Å². The van der Waals surface area contributed by atoms with Crippen molar-refractivity contribution in [2.45, 2.75) is 58.1 Å². The fourth-order valence-corrected chi connectivity index (χ4v) is 1.79. The van der Waals surface area contributed by atoms with E-state index in [1.54, 1.807) is 0 Å². The number of rotatable bonds is 1. The van der Waals surface area contributed by atoms with Gasteiger partial charge < -0.3 is 9.31 Å². The van der Waals surface area contributed by atoms with Crippen molar-refractivity contribution in [3.8, 4) is 0 Å². The second-order valence-corrected chi connectivity index (χ2v) is 5.50. The van der Waals surface area contributed by atoms with Gasteiger partial charge >= 0.3 is 7.12 Å². The van der Waals surface area contributed by atoms with Crippen LogP contribution >= 0.6 is 0 Å². The fraction of sp³-hybridized carbons (Fsp3) is 1.00.